The summed E-state index contributed by atoms with van der Waals surface area (Å²) in [7, 11) is 0. The molecule has 4 aromatic rings. The molecule has 39 heavy (non-hydrogen) atoms. The van der Waals surface area contributed by atoms with Crippen LogP contribution < -0.4 is 10.6 Å². The number of aliphatic hydroxyl groups excluding tert-OH is 1. The highest BCUT2D eigenvalue weighted by Gasteiger charge is 2.40. The number of carbonyl (C=O) groups is 1. The molecule has 1 aliphatic rings. The van der Waals surface area contributed by atoms with Crippen LogP contribution in [0.4, 0.5) is 10.3 Å². The number of imidazole rings is 1. The molecule has 0 unspecified atom stereocenters. The number of aromatic nitrogens is 5. The van der Waals surface area contributed by atoms with Crippen molar-refractivity contribution in [3.8, 4) is 22.6 Å². The first kappa shape index (κ1) is 26.4. The quantitative estimate of drug-likeness (QED) is 0.255. The van der Waals surface area contributed by atoms with Crippen LogP contribution in [-0.4, -0.2) is 62.3 Å². The number of aromatic amines is 1. The van der Waals surface area contributed by atoms with Crippen molar-refractivity contribution in [1.82, 2.24) is 30.2 Å². The van der Waals surface area contributed by atoms with Gasteiger partial charge >= 0.3 is 0 Å². The number of hydrogen-bond donors (Lipinski definition) is 4. The number of aliphatic hydroxyl groups is 1. The summed E-state index contributed by atoms with van der Waals surface area (Å²) in [6.45, 7) is 2.40. The second-order valence-corrected chi connectivity index (χ2v) is 9.33. The standard InChI is InChI=1S/C27H28FN7O4/c1-27(25(37)30-11-12-36)15-38-24(39-16-27)23-34-21(18-4-6-19(28)7-5-18)22(35-23)20-8-10-31-26(33-20)32-14-17-3-2-9-29-13-17/h2-10,13,24,36H,11-12,14-16H2,1H3,(H,30,37)(H,34,35)(H,31,32,33). The van der Waals surface area contributed by atoms with Gasteiger partial charge in [0.2, 0.25) is 18.1 Å². The number of pyridine rings is 1. The summed E-state index contributed by atoms with van der Waals surface area (Å²) in [5.41, 5.74) is 2.39. The maximum atomic E-state index is 13.7. The van der Waals surface area contributed by atoms with Crippen LogP contribution >= 0.6 is 0 Å². The van der Waals surface area contributed by atoms with E-state index in [2.05, 4.69) is 30.6 Å². The van der Waals surface area contributed by atoms with E-state index < -0.39 is 11.7 Å². The Morgan fingerprint density at radius 2 is 1.95 bits per heavy atom. The maximum Gasteiger partial charge on any atom is 0.230 e. The molecule has 1 aliphatic heterocycles. The summed E-state index contributed by atoms with van der Waals surface area (Å²) in [6, 6.07) is 11.5. The van der Waals surface area contributed by atoms with Gasteiger partial charge in [-0.3, -0.25) is 9.78 Å². The molecule has 1 aromatic carbocycles. The molecule has 0 spiro atoms. The average Bonchev–Trinajstić information content (AvgIpc) is 3.42. The molecule has 0 saturated carbocycles. The van der Waals surface area contributed by atoms with Gasteiger partial charge in [-0.15, -0.1) is 0 Å². The molecule has 0 aliphatic carbocycles. The van der Waals surface area contributed by atoms with E-state index in [0.29, 0.717) is 41.0 Å². The van der Waals surface area contributed by atoms with Gasteiger partial charge in [-0.1, -0.05) is 6.07 Å². The summed E-state index contributed by atoms with van der Waals surface area (Å²) in [6.07, 6.45) is 4.24. The lowest BCUT2D eigenvalue weighted by atomic mass is 9.91. The number of ether oxygens (including phenoxy) is 2. The third-order valence-electron chi connectivity index (χ3n) is 6.20. The van der Waals surface area contributed by atoms with E-state index in [0.717, 1.165) is 5.56 Å². The highest BCUT2D eigenvalue weighted by atomic mass is 19.1. The minimum atomic E-state index is -0.914. The molecule has 0 atom stereocenters. The van der Waals surface area contributed by atoms with Crippen LogP contribution in [0.1, 0.15) is 24.6 Å². The number of hydrogen-bond acceptors (Lipinski definition) is 9. The molecule has 1 saturated heterocycles. The minimum Gasteiger partial charge on any atom is -0.395 e. The van der Waals surface area contributed by atoms with Gasteiger partial charge in [0.1, 0.15) is 5.82 Å². The van der Waals surface area contributed by atoms with Crippen LogP contribution in [0.3, 0.4) is 0 Å². The Morgan fingerprint density at radius 3 is 2.67 bits per heavy atom. The molecule has 12 heteroatoms. The highest BCUT2D eigenvalue weighted by molar-refractivity contribution is 5.82. The van der Waals surface area contributed by atoms with Crippen molar-refractivity contribution in [1.29, 1.82) is 0 Å². The first-order valence-electron chi connectivity index (χ1n) is 12.4. The van der Waals surface area contributed by atoms with E-state index in [4.69, 9.17) is 19.6 Å². The third kappa shape index (κ3) is 6.08. The molecule has 5 rings (SSSR count). The van der Waals surface area contributed by atoms with Crippen LogP contribution in [0.25, 0.3) is 22.6 Å². The fourth-order valence-corrected chi connectivity index (χ4v) is 4.05. The number of amides is 1. The fraction of sp³-hybridized carbons (Fsp3) is 0.296. The molecule has 1 fully saturated rings. The summed E-state index contributed by atoms with van der Waals surface area (Å²) in [5.74, 6) is 0.158. The first-order valence-corrected chi connectivity index (χ1v) is 12.4. The van der Waals surface area contributed by atoms with E-state index in [9.17, 15) is 9.18 Å². The molecule has 4 N–H and O–H groups in total. The number of carbonyl (C=O) groups excluding carboxylic acids is 1. The van der Waals surface area contributed by atoms with Gasteiger partial charge < -0.3 is 30.2 Å². The number of rotatable bonds is 9. The number of halogens is 1. The minimum absolute atomic E-state index is 0.0900. The van der Waals surface area contributed by atoms with E-state index in [1.54, 1.807) is 43.7 Å². The Morgan fingerprint density at radius 1 is 1.15 bits per heavy atom. The zero-order valence-electron chi connectivity index (χ0n) is 21.2. The molecule has 0 radical (unpaired) electrons. The molecular weight excluding hydrogens is 505 g/mol. The number of anilines is 1. The normalized spacial score (nSPS) is 19.0. The van der Waals surface area contributed by atoms with E-state index >= 15 is 0 Å². The van der Waals surface area contributed by atoms with Gasteiger partial charge in [0.15, 0.2) is 5.82 Å². The molecule has 4 heterocycles. The number of benzene rings is 1. The lowest BCUT2D eigenvalue weighted by Gasteiger charge is -2.35. The number of nitrogens with zero attached hydrogens (tertiary/aromatic N) is 4. The Kier molecular flexibility index (Phi) is 7.87. The van der Waals surface area contributed by atoms with Crippen LogP contribution in [0.2, 0.25) is 0 Å². The molecule has 3 aromatic heterocycles. The number of H-pyrrole nitrogens is 1. The lowest BCUT2D eigenvalue weighted by Crippen LogP contribution is -2.49. The maximum absolute atomic E-state index is 13.7. The molecule has 0 bridgehead atoms. The van der Waals surface area contributed by atoms with Crippen molar-refractivity contribution in [3.05, 3.63) is 78.3 Å². The van der Waals surface area contributed by atoms with Crippen molar-refractivity contribution < 1.29 is 23.8 Å². The van der Waals surface area contributed by atoms with Crippen molar-refractivity contribution in [2.24, 2.45) is 5.41 Å². The fourth-order valence-electron chi connectivity index (χ4n) is 4.05. The van der Waals surface area contributed by atoms with Crippen molar-refractivity contribution in [2.75, 3.05) is 31.7 Å². The van der Waals surface area contributed by atoms with Crippen LogP contribution in [0, 0.1) is 11.2 Å². The molecule has 1 amide bonds. The first-order chi connectivity index (χ1) is 18.9. The van der Waals surface area contributed by atoms with Crippen LogP contribution in [-0.2, 0) is 20.8 Å². The van der Waals surface area contributed by atoms with Crippen molar-refractivity contribution in [2.45, 2.75) is 19.8 Å². The summed E-state index contributed by atoms with van der Waals surface area (Å²) in [5, 5.41) is 14.8. The Balaban J connectivity index is 1.41. The van der Waals surface area contributed by atoms with E-state index in [1.807, 2.05) is 12.1 Å². The molecule has 202 valence electrons. The second-order valence-electron chi connectivity index (χ2n) is 9.33. The third-order valence-corrected chi connectivity index (χ3v) is 6.20. The molecule has 11 nitrogen and oxygen atoms in total. The Labute approximate surface area is 223 Å². The van der Waals surface area contributed by atoms with Crippen molar-refractivity contribution >= 4 is 11.9 Å². The van der Waals surface area contributed by atoms with Crippen molar-refractivity contribution in [3.63, 3.8) is 0 Å². The lowest BCUT2D eigenvalue weighted by molar-refractivity contribution is -0.231. The average molecular weight is 534 g/mol. The summed E-state index contributed by atoms with van der Waals surface area (Å²) >= 11 is 0. The highest BCUT2D eigenvalue weighted by Crippen LogP contribution is 2.35. The molecular formula is C27H28FN7O4. The van der Waals surface area contributed by atoms with Gasteiger partial charge in [0.25, 0.3) is 0 Å². The SMILES string of the molecule is CC1(C(=O)NCCO)COC(c2nc(-c3ccc(F)cc3)c(-c3ccnc(NCc4cccnc4)n3)[nH]2)OC1. The second kappa shape index (κ2) is 11.6. The predicted octanol–water partition coefficient (Wildman–Crippen LogP) is 2.84. The van der Waals surface area contributed by atoms with Crippen LogP contribution in [0.5, 0.6) is 0 Å². The summed E-state index contributed by atoms with van der Waals surface area (Å²) < 4.78 is 25.5. The predicted molar refractivity (Wildman–Crippen MR) is 139 cm³/mol. The zero-order chi connectivity index (χ0) is 27.2. The van der Waals surface area contributed by atoms with Gasteiger partial charge in [-0.05, 0) is 48.9 Å². The van der Waals surface area contributed by atoms with Crippen LogP contribution in [0.15, 0.2) is 61.1 Å². The smallest absolute Gasteiger partial charge is 0.230 e. The van der Waals surface area contributed by atoms with E-state index in [1.165, 1.54) is 12.1 Å². The van der Waals surface area contributed by atoms with Gasteiger partial charge in [0, 0.05) is 37.2 Å². The van der Waals surface area contributed by atoms with Gasteiger partial charge in [0.05, 0.1) is 42.3 Å². The summed E-state index contributed by atoms with van der Waals surface area (Å²) in [4.78, 5) is 33.6. The Bertz CT molecular complexity index is 1410. The largest absolute Gasteiger partial charge is 0.395 e. The zero-order valence-corrected chi connectivity index (χ0v) is 21.2. The monoisotopic (exact) mass is 533 g/mol. The van der Waals surface area contributed by atoms with E-state index in [-0.39, 0.29) is 38.1 Å². The topological polar surface area (TPSA) is 147 Å². The Hall–Kier alpha value is -4.26. The number of nitrogens with one attached hydrogen (secondary N) is 3. The van der Waals surface area contributed by atoms with Gasteiger partial charge in [-0.2, -0.15) is 0 Å². The van der Waals surface area contributed by atoms with Gasteiger partial charge in [-0.25, -0.2) is 19.3 Å².